The maximum Gasteiger partial charge on any atom is 0.216 e. The van der Waals surface area contributed by atoms with E-state index in [1.165, 1.54) is 0 Å². The molecule has 31 heavy (non-hydrogen) atoms. The molecule has 1 heterocycles. The Balaban J connectivity index is 0.00000480. The second kappa shape index (κ2) is 14.2. The van der Waals surface area contributed by atoms with E-state index < -0.39 is 10.0 Å². The number of piperazine rings is 1. The molecule has 1 aromatic rings. The van der Waals surface area contributed by atoms with Crippen LogP contribution in [0.4, 0.5) is 0 Å². The van der Waals surface area contributed by atoms with Gasteiger partial charge in [-0.3, -0.25) is 0 Å². The molecule has 178 valence electrons. The number of methoxy groups -OCH3 is 1. The summed E-state index contributed by atoms with van der Waals surface area (Å²) in [6.07, 6.45) is 0.0335. The van der Waals surface area contributed by atoms with Gasteiger partial charge in [-0.2, -0.15) is 4.31 Å². The second-order valence-corrected chi connectivity index (χ2v) is 9.63. The van der Waals surface area contributed by atoms with Crippen LogP contribution in [-0.2, 0) is 32.6 Å². The van der Waals surface area contributed by atoms with Gasteiger partial charge in [0.2, 0.25) is 10.0 Å². The SMILES string of the molecule is CCNC(=NCc1cccc(COC)c1)N1CCN(S(=O)(=O)CCOC(C)C)CC1.I. The van der Waals surface area contributed by atoms with Crippen molar-refractivity contribution in [1.82, 2.24) is 14.5 Å². The van der Waals surface area contributed by atoms with Crippen molar-refractivity contribution in [3.05, 3.63) is 35.4 Å². The van der Waals surface area contributed by atoms with Gasteiger partial charge in [0.15, 0.2) is 5.96 Å². The number of hydrogen-bond donors (Lipinski definition) is 1. The predicted molar refractivity (Wildman–Crippen MR) is 135 cm³/mol. The zero-order chi connectivity index (χ0) is 22.0. The Morgan fingerprint density at radius 2 is 1.87 bits per heavy atom. The average molecular weight is 569 g/mol. The molecule has 0 saturated carbocycles. The fourth-order valence-electron chi connectivity index (χ4n) is 3.27. The van der Waals surface area contributed by atoms with Crippen LogP contribution in [0.25, 0.3) is 0 Å². The van der Waals surface area contributed by atoms with Crippen LogP contribution in [0.5, 0.6) is 0 Å². The average Bonchev–Trinajstić information content (AvgIpc) is 2.71. The summed E-state index contributed by atoms with van der Waals surface area (Å²) in [5.74, 6) is 0.840. The van der Waals surface area contributed by atoms with Crippen LogP contribution < -0.4 is 5.32 Å². The number of benzene rings is 1. The summed E-state index contributed by atoms with van der Waals surface area (Å²) < 4.78 is 37.2. The third-order valence-corrected chi connectivity index (χ3v) is 6.61. The fourth-order valence-corrected chi connectivity index (χ4v) is 4.56. The van der Waals surface area contributed by atoms with E-state index in [0.29, 0.717) is 39.3 Å². The zero-order valence-electron chi connectivity index (χ0n) is 19.0. The van der Waals surface area contributed by atoms with Crippen LogP contribution in [0, 0.1) is 0 Å². The van der Waals surface area contributed by atoms with E-state index in [9.17, 15) is 8.42 Å². The highest BCUT2D eigenvalue weighted by Crippen LogP contribution is 2.11. The van der Waals surface area contributed by atoms with Crippen molar-refractivity contribution in [1.29, 1.82) is 0 Å². The smallest absolute Gasteiger partial charge is 0.216 e. The standard InChI is InChI=1S/C21H36N4O4S.HI/c1-5-22-21(23-16-19-7-6-8-20(15-19)17-28-4)24-9-11-25(12-10-24)30(26,27)14-13-29-18(2)3;/h6-8,15,18H,5,9-14,16-17H2,1-4H3,(H,22,23);1H. The first kappa shape index (κ1) is 28.1. The Morgan fingerprint density at radius 1 is 1.19 bits per heavy atom. The maximum atomic E-state index is 12.5. The molecule has 0 aromatic heterocycles. The molecule has 1 fully saturated rings. The molecule has 1 aromatic carbocycles. The van der Waals surface area contributed by atoms with Crippen molar-refractivity contribution in [3.63, 3.8) is 0 Å². The summed E-state index contributed by atoms with van der Waals surface area (Å²) in [7, 11) is -1.61. The Kier molecular flexibility index (Phi) is 12.9. The third-order valence-electron chi connectivity index (χ3n) is 4.77. The van der Waals surface area contributed by atoms with E-state index in [2.05, 4.69) is 22.3 Å². The quantitative estimate of drug-likeness (QED) is 0.265. The number of aliphatic imine (C=N–C) groups is 1. The summed E-state index contributed by atoms with van der Waals surface area (Å²) in [5.41, 5.74) is 2.24. The van der Waals surface area contributed by atoms with Crippen molar-refractivity contribution in [2.45, 2.75) is 40.0 Å². The molecule has 0 spiro atoms. The van der Waals surface area contributed by atoms with Gasteiger partial charge in [-0.15, -0.1) is 24.0 Å². The van der Waals surface area contributed by atoms with Crippen molar-refractivity contribution in [2.24, 2.45) is 4.99 Å². The van der Waals surface area contributed by atoms with Gasteiger partial charge in [0.05, 0.1) is 31.6 Å². The van der Waals surface area contributed by atoms with Gasteiger partial charge in [-0.1, -0.05) is 24.3 Å². The Hall–Kier alpha value is -0.950. The molecule has 0 unspecified atom stereocenters. The fraction of sp³-hybridized carbons (Fsp3) is 0.667. The first-order valence-corrected chi connectivity index (χ1v) is 12.2. The molecule has 8 nitrogen and oxygen atoms in total. The van der Waals surface area contributed by atoms with Gasteiger partial charge >= 0.3 is 0 Å². The molecule has 0 bridgehead atoms. The summed E-state index contributed by atoms with van der Waals surface area (Å²) in [4.78, 5) is 6.89. The van der Waals surface area contributed by atoms with Gasteiger partial charge in [-0.05, 0) is 31.9 Å². The number of ether oxygens (including phenoxy) is 2. The van der Waals surface area contributed by atoms with Crippen LogP contribution in [0.2, 0.25) is 0 Å². The van der Waals surface area contributed by atoms with E-state index in [4.69, 9.17) is 14.5 Å². The number of halogens is 1. The van der Waals surface area contributed by atoms with Crippen LogP contribution in [0.1, 0.15) is 31.9 Å². The van der Waals surface area contributed by atoms with Gasteiger partial charge < -0.3 is 19.7 Å². The highest BCUT2D eigenvalue weighted by molar-refractivity contribution is 14.0. The Morgan fingerprint density at radius 3 is 2.48 bits per heavy atom. The molecule has 1 saturated heterocycles. The molecular weight excluding hydrogens is 531 g/mol. The van der Waals surface area contributed by atoms with Crippen LogP contribution >= 0.6 is 24.0 Å². The highest BCUT2D eigenvalue weighted by Gasteiger charge is 2.28. The molecule has 1 aliphatic heterocycles. The number of rotatable bonds is 10. The van der Waals surface area contributed by atoms with Crippen molar-refractivity contribution in [2.75, 3.05) is 52.2 Å². The molecular formula is C21H37IN4O4S. The molecule has 1 N–H and O–H groups in total. The minimum atomic E-state index is -3.30. The van der Waals surface area contributed by atoms with Crippen molar-refractivity contribution < 1.29 is 17.9 Å². The minimum Gasteiger partial charge on any atom is -0.380 e. The first-order chi connectivity index (χ1) is 14.4. The number of nitrogens with zero attached hydrogens (tertiary/aromatic N) is 3. The topological polar surface area (TPSA) is 83.5 Å². The lowest BCUT2D eigenvalue weighted by atomic mass is 10.1. The van der Waals surface area contributed by atoms with Gasteiger partial charge in [-0.25, -0.2) is 13.4 Å². The third kappa shape index (κ3) is 9.60. The summed E-state index contributed by atoms with van der Waals surface area (Å²) in [6, 6.07) is 8.20. The molecule has 0 radical (unpaired) electrons. The van der Waals surface area contributed by atoms with E-state index in [0.717, 1.165) is 23.6 Å². The van der Waals surface area contributed by atoms with Crippen LogP contribution in [0.15, 0.2) is 29.3 Å². The number of nitrogens with one attached hydrogen (secondary N) is 1. The van der Waals surface area contributed by atoms with Crippen LogP contribution in [-0.4, -0.2) is 81.9 Å². The molecule has 0 amide bonds. The summed E-state index contributed by atoms with van der Waals surface area (Å²) in [6.45, 7) is 10.1. The lowest BCUT2D eigenvalue weighted by Crippen LogP contribution is -2.54. The minimum absolute atomic E-state index is 0. The Bertz CT molecular complexity index is 781. The monoisotopic (exact) mass is 568 g/mol. The lowest BCUT2D eigenvalue weighted by Gasteiger charge is -2.36. The number of hydrogen-bond acceptors (Lipinski definition) is 5. The van der Waals surface area contributed by atoms with E-state index in [1.54, 1.807) is 11.4 Å². The van der Waals surface area contributed by atoms with Crippen molar-refractivity contribution >= 4 is 40.0 Å². The van der Waals surface area contributed by atoms with E-state index in [1.807, 2.05) is 32.9 Å². The molecule has 10 heteroatoms. The number of guanidine groups is 1. The molecule has 0 aliphatic carbocycles. The van der Waals surface area contributed by atoms with Crippen molar-refractivity contribution in [3.8, 4) is 0 Å². The lowest BCUT2D eigenvalue weighted by molar-refractivity contribution is 0.0904. The molecule has 2 rings (SSSR count). The largest absolute Gasteiger partial charge is 0.380 e. The van der Waals surface area contributed by atoms with Gasteiger partial charge in [0, 0.05) is 39.8 Å². The summed E-state index contributed by atoms with van der Waals surface area (Å²) >= 11 is 0. The van der Waals surface area contributed by atoms with E-state index >= 15 is 0 Å². The van der Waals surface area contributed by atoms with Gasteiger partial charge in [0.25, 0.3) is 0 Å². The molecule has 1 aliphatic rings. The summed E-state index contributed by atoms with van der Waals surface area (Å²) in [5, 5.41) is 3.33. The highest BCUT2D eigenvalue weighted by atomic mass is 127. The number of sulfonamides is 1. The van der Waals surface area contributed by atoms with Gasteiger partial charge in [0.1, 0.15) is 0 Å². The Labute approximate surface area is 204 Å². The first-order valence-electron chi connectivity index (χ1n) is 10.5. The maximum absolute atomic E-state index is 12.5. The molecule has 0 atom stereocenters. The predicted octanol–water partition coefficient (Wildman–Crippen LogP) is 2.29. The van der Waals surface area contributed by atoms with E-state index in [-0.39, 0.29) is 42.4 Å². The zero-order valence-corrected chi connectivity index (χ0v) is 22.2. The van der Waals surface area contributed by atoms with Crippen LogP contribution in [0.3, 0.4) is 0 Å². The second-order valence-electron chi connectivity index (χ2n) is 7.54. The normalized spacial score (nSPS) is 15.8.